The van der Waals surface area contributed by atoms with E-state index in [4.69, 9.17) is 5.11 Å². The molecule has 0 aromatic rings. The molecule has 0 aromatic carbocycles. The Morgan fingerprint density at radius 1 is 1.38 bits per heavy atom. The first-order valence-corrected chi connectivity index (χ1v) is 4.86. The molecule has 16 heavy (non-hydrogen) atoms. The van der Waals surface area contributed by atoms with Crippen molar-refractivity contribution in [2.24, 2.45) is 0 Å². The summed E-state index contributed by atoms with van der Waals surface area (Å²) in [6, 6.07) is 0. The molecule has 1 rings (SSSR count). The number of hydrogen-bond acceptors (Lipinski definition) is 4. The number of carboxylic acids is 1. The molecule has 1 aliphatic carbocycles. The highest BCUT2D eigenvalue weighted by atomic mass is 16.5. The standard InChI is InChI=1S/C9H14N2O5/c1-16-8(15)10-5-6(12)11-9(7(13)14)3-2-4-9/h2-5H2,1H3,(H,10,15)(H,11,12)(H,13,14). The van der Waals surface area contributed by atoms with E-state index in [2.05, 4.69) is 15.4 Å². The zero-order valence-corrected chi connectivity index (χ0v) is 8.91. The van der Waals surface area contributed by atoms with Gasteiger partial charge in [0.2, 0.25) is 5.91 Å². The van der Waals surface area contributed by atoms with Crippen LogP contribution in [0.25, 0.3) is 0 Å². The van der Waals surface area contributed by atoms with E-state index in [-0.39, 0.29) is 6.54 Å². The molecule has 0 heterocycles. The summed E-state index contributed by atoms with van der Waals surface area (Å²) in [5, 5.41) is 13.5. The summed E-state index contributed by atoms with van der Waals surface area (Å²) in [5.41, 5.74) is -1.14. The average molecular weight is 230 g/mol. The number of carbonyl (C=O) groups is 3. The largest absolute Gasteiger partial charge is 0.480 e. The number of amides is 2. The fraction of sp³-hybridized carbons (Fsp3) is 0.667. The highest BCUT2D eigenvalue weighted by Crippen LogP contribution is 2.31. The summed E-state index contributed by atoms with van der Waals surface area (Å²) in [4.78, 5) is 32.9. The Bertz CT molecular complexity index is 311. The summed E-state index contributed by atoms with van der Waals surface area (Å²) < 4.78 is 4.27. The van der Waals surface area contributed by atoms with E-state index in [0.717, 1.165) is 6.42 Å². The zero-order chi connectivity index (χ0) is 12.2. The number of hydrogen-bond donors (Lipinski definition) is 3. The second kappa shape index (κ2) is 4.82. The lowest BCUT2D eigenvalue weighted by Gasteiger charge is -2.38. The molecule has 7 heteroatoms. The predicted molar refractivity (Wildman–Crippen MR) is 52.8 cm³/mol. The van der Waals surface area contributed by atoms with Crippen molar-refractivity contribution >= 4 is 18.0 Å². The first kappa shape index (κ1) is 12.3. The van der Waals surface area contributed by atoms with Gasteiger partial charge in [-0.15, -0.1) is 0 Å². The molecule has 0 bridgehead atoms. The van der Waals surface area contributed by atoms with Gasteiger partial charge >= 0.3 is 12.1 Å². The van der Waals surface area contributed by atoms with Gasteiger partial charge in [0.15, 0.2) is 0 Å². The van der Waals surface area contributed by atoms with Crippen LogP contribution in [0.3, 0.4) is 0 Å². The molecule has 90 valence electrons. The van der Waals surface area contributed by atoms with Gasteiger partial charge in [-0.3, -0.25) is 4.79 Å². The Labute approximate surface area is 92.1 Å². The number of alkyl carbamates (subject to hydrolysis) is 1. The van der Waals surface area contributed by atoms with Gasteiger partial charge in [-0.2, -0.15) is 0 Å². The zero-order valence-electron chi connectivity index (χ0n) is 8.91. The first-order chi connectivity index (χ1) is 7.50. The molecule has 3 N–H and O–H groups in total. The van der Waals surface area contributed by atoms with Crippen molar-refractivity contribution in [2.45, 2.75) is 24.8 Å². The highest BCUT2D eigenvalue weighted by molar-refractivity contribution is 5.89. The third kappa shape index (κ3) is 2.62. The SMILES string of the molecule is COC(=O)NCC(=O)NC1(C(=O)O)CCC1. The molecule has 0 aliphatic heterocycles. The second-order valence-electron chi connectivity index (χ2n) is 3.63. The van der Waals surface area contributed by atoms with Gasteiger partial charge in [-0.25, -0.2) is 9.59 Å². The van der Waals surface area contributed by atoms with Crippen molar-refractivity contribution < 1.29 is 24.2 Å². The van der Waals surface area contributed by atoms with E-state index in [9.17, 15) is 14.4 Å². The maximum atomic E-state index is 11.3. The van der Waals surface area contributed by atoms with Crippen LogP contribution in [0.4, 0.5) is 4.79 Å². The smallest absolute Gasteiger partial charge is 0.407 e. The molecule has 7 nitrogen and oxygen atoms in total. The van der Waals surface area contributed by atoms with E-state index >= 15 is 0 Å². The van der Waals surface area contributed by atoms with Crippen LogP contribution in [0.2, 0.25) is 0 Å². The molecule has 0 atom stereocenters. The molecular weight excluding hydrogens is 216 g/mol. The third-order valence-corrected chi connectivity index (χ3v) is 2.57. The number of methoxy groups -OCH3 is 1. The summed E-state index contributed by atoms with van der Waals surface area (Å²) >= 11 is 0. The van der Waals surface area contributed by atoms with Crippen molar-refractivity contribution in [3.8, 4) is 0 Å². The van der Waals surface area contributed by atoms with Crippen molar-refractivity contribution in [3.05, 3.63) is 0 Å². The van der Waals surface area contributed by atoms with Crippen molar-refractivity contribution in [1.82, 2.24) is 10.6 Å². The summed E-state index contributed by atoms with van der Waals surface area (Å²) in [7, 11) is 1.18. The number of nitrogens with one attached hydrogen (secondary N) is 2. The van der Waals surface area contributed by atoms with Gasteiger partial charge in [0.05, 0.1) is 7.11 Å². The summed E-state index contributed by atoms with van der Waals surface area (Å²) in [5.74, 6) is -1.57. The molecule has 0 spiro atoms. The molecule has 0 aromatic heterocycles. The van der Waals surface area contributed by atoms with Gasteiger partial charge in [0.1, 0.15) is 12.1 Å². The Hall–Kier alpha value is -1.79. The van der Waals surface area contributed by atoms with Crippen LogP contribution >= 0.6 is 0 Å². The van der Waals surface area contributed by atoms with E-state index in [1.54, 1.807) is 0 Å². The normalized spacial score (nSPS) is 16.8. The molecule has 0 saturated heterocycles. The van der Waals surface area contributed by atoms with Crippen LogP contribution in [0.1, 0.15) is 19.3 Å². The van der Waals surface area contributed by atoms with Gasteiger partial charge in [-0.1, -0.05) is 0 Å². The van der Waals surface area contributed by atoms with Crippen LogP contribution in [0, 0.1) is 0 Å². The van der Waals surface area contributed by atoms with Gasteiger partial charge in [0, 0.05) is 0 Å². The summed E-state index contributed by atoms with van der Waals surface area (Å²) in [6.45, 7) is -0.290. The number of carbonyl (C=O) groups excluding carboxylic acids is 2. The number of aliphatic carboxylic acids is 1. The van der Waals surface area contributed by atoms with Gasteiger partial charge in [0.25, 0.3) is 0 Å². The minimum absolute atomic E-state index is 0.290. The third-order valence-electron chi connectivity index (χ3n) is 2.57. The number of rotatable bonds is 4. The van der Waals surface area contributed by atoms with E-state index in [1.807, 2.05) is 0 Å². The number of carboxylic acid groups (broad SMARTS) is 1. The molecule has 1 fully saturated rings. The first-order valence-electron chi connectivity index (χ1n) is 4.86. The average Bonchev–Trinajstić information content (AvgIpc) is 2.19. The molecule has 0 radical (unpaired) electrons. The van der Waals surface area contributed by atoms with Gasteiger partial charge in [-0.05, 0) is 19.3 Å². The fourth-order valence-electron chi connectivity index (χ4n) is 1.46. The number of ether oxygens (including phenoxy) is 1. The minimum Gasteiger partial charge on any atom is -0.480 e. The Kier molecular flexibility index (Phi) is 3.70. The van der Waals surface area contributed by atoms with Gasteiger partial charge < -0.3 is 20.5 Å². The molecule has 2 amide bonds. The van der Waals surface area contributed by atoms with Crippen LogP contribution in [0.5, 0.6) is 0 Å². The van der Waals surface area contributed by atoms with Crippen LogP contribution < -0.4 is 10.6 Å². The van der Waals surface area contributed by atoms with Crippen LogP contribution in [-0.4, -0.2) is 42.3 Å². The van der Waals surface area contributed by atoms with E-state index in [0.29, 0.717) is 12.8 Å². The summed E-state index contributed by atoms with van der Waals surface area (Å²) in [6.07, 6.45) is 0.892. The van der Waals surface area contributed by atoms with E-state index in [1.165, 1.54) is 7.11 Å². The van der Waals surface area contributed by atoms with Crippen LogP contribution in [0.15, 0.2) is 0 Å². The van der Waals surface area contributed by atoms with Crippen molar-refractivity contribution in [1.29, 1.82) is 0 Å². The Morgan fingerprint density at radius 3 is 2.38 bits per heavy atom. The van der Waals surface area contributed by atoms with Crippen LogP contribution in [-0.2, 0) is 14.3 Å². The molecule has 1 aliphatic rings. The lowest BCUT2D eigenvalue weighted by atomic mass is 9.77. The lowest BCUT2D eigenvalue weighted by molar-refractivity contribution is -0.151. The lowest BCUT2D eigenvalue weighted by Crippen LogP contribution is -2.60. The molecular formula is C9H14N2O5. The van der Waals surface area contributed by atoms with Crippen molar-refractivity contribution in [2.75, 3.05) is 13.7 Å². The van der Waals surface area contributed by atoms with Crippen molar-refractivity contribution in [3.63, 3.8) is 0 Å². The highest BCUT2D eigenvalue weighted by Gasteiger charge is 2.45. The maximum Gasteiger partial charge on any atom is 0.407 e. The second-order valence-corrected chi connectivity index (χ2v) is 3.63. The molecule has 1 saturated carbocycles. The maximum absolute atomic E-state index is 11.3. The predicted octanol–water partition coefficient (Wildman–Crippen LogP) is -0.534. The monoisotopic (exact) mass is 230 g/mol. The molecule has 0 unspecified atom stereocenters. The Balaban J connectivity index is 2.39. The van der Waals surface area contributed by atoms with E-state index < -0.39 is 23.5 Å². The minimum atomic E-state index is -1.14. The fourth-order valence-corrected chi connectivity index (χ4v) is 1.46. The quantitative estimate of drug-likeness (QED) is 0.602. The Morgan fingerprint density at radius 2 is 2.00 bits per heavy atom. The topological polar surface area (TPSA) is 105 Å².